The SMILES string of the molecule is COc1ccc(C)cc1N(C)C#N. The summed E-state index contributed by atoms with van der Waals surface area (Å²) in [4.78, 5) is 1.48. The molecule has 0 fully saturated rings. The molecule has 0 unspecified atom stereocenters. The van der Waals surface area contributed by atoms with Gasteiger partial charge in [0.1, 0.15) is 5.75 Å². The molecule has 0 atom stereocenters. The third-order valence-corrected chi connectivity index (χ3v) is 1.85. The molecule has 0 spiro atoms. The van der Waals surface area contributed by atoms with Gasteiger partial charge in [-0.05, 0) is 24.6 Å². The topological polar surface area (TPSA) is 36.3 Å². The Morgan fingerprint density at radius 1 is 1.46 bits per heavy atom. The number of ether oxygens (including phenoxy) is 1. The van der Waals surface area contributed by atoms with E-state index in [1.165, 1.54) is 4.90 Å². The molecular weight excluding hydrogens is 164 g/mol. The Balaban J connectivity index is 3.17. The average molecular weight is 176 g/mol. The minimum Gasteiger partial charge on any atom is -0.495 e. The Morgan fingerprint density at radius 2 is 2.15 bits per heavy atom. The molecule has 3 heteroatoms. The van der Waals surface area contributed by atoms with Crippen LogP contribution in [-0.2, 0) is 0 Å². The fourth-order valence-electron chi connectivity index (χ4n) is 1.12. The quantitative estimate of drug-likeness (QED) is 0.510. The van der Waals surface area contributed by atoms with Gasteiger partial charge in [-0.3, -0.25) is 4.90 Å². The second kappa shape index (κ2) is 3.81. The van der Waals surface area contributed by atoms with Crippen LogP contribution >= 0.6 is 0 Å². The molecule has 0 aliphatic carbocycles. The van der Waals surface area contributed by atoms with Gasteiger partial charge in [0.05, 0.1) is 12.8 Å². The van der Waals surface area contributed by atoms with Crippen molar-refractivity contribution in [2.75, 3.05) is 19.1 Å². The van der Waals surface area contributed by atoms with Gasteiger partial charge in [-0.2, -0.15) is 5.26 Å². The molecule has 0 aliphatic heterocycles. The molecule has 0 heterocycles. The fraction of sp³-hybridized carbons (Fsp3) is 0.300. The number of nitrogens with zero attached hydrogens (tertiary/aromatic N) is 2. The predicted molar refractivity (Wildman–Crippen MR) is 51.7 cm³/mol. The Labute approximate surface area is 78.2 Å². The van der Waals surface area contributed by atoms with Crippen molar-refractivity contribution < 1.29 is 4.74 Å². The lowest BCUT2D eigenvalue weighted by Crippen LogP contribution is -2.09. The molecule has 1 rings (SSSR count). The Kier molecular flexibility index (Phi) is 2.76. The van der Waals surface area contributed by atoms with Crippen LogP contribution in [0.15, 0.2) is 18.2 Å². The zero-order valence-electron chi connectivity index (χ0n) is 8.03. The summed E-state index contributed by atoms with van der Waals surface area (Å²) in [6, 6.07) is 5.73. The number of nitriles is 1. The molecule has 0 saturated heterocycles. The van der Waals surface area contributed by atoms with E-state index in [9.17, 15) is 0 Å². The highest BCUT2D eigenvalue weighted by Crippen LogP contribution is 2.27. The maximum absolute atomic E-state index is 8.72. The van der Waals surface area contributed by atoms with E-state index in [1.807, 2.05) is 31.3 Å². The Hall–Kier alpha value is -1.69. The van der Waals surface area contributed by atoms with E-state index in [-0.39, 0.29) is 0 Å². The number of anilines is 1. The Morgan fingerprint density at radius 3 is 2.69 bits per heavy atom. The molecule has 3 nitrogen and oxygen atoms in total. The van der Waals surface area contributed by atoms with Gasteiger partial charge in [0.25, 0.3) is 0 Å². The fourth-order valence-corrected chi connectivity index (χ4v) is 1.12. The van der Waals surface area contributed by atoms with E-state index in [2.05, 4.69) is 0 Å². The molecule has 0 radical (unpaired) electrons. The van der Waals surface area contributed by atoms with E-state index in [0.717, 1.165) is 17.0 Å². The van der Waals surface area contributed by atoms with Gasteiger partial charge in [0, 0.05) is 7.05 Å². The summed E-state index contributed by atoms with van der Waals surface area (Å²) in [5.74, 6) is 0.717. The summed E-state index contributed by atoms with van der Waals surface area (Å²) in [5, 5.41) is 8.72. The van der Waals surface area contributed by atoms with E-state index < -0.39 is 0 Å². The van der Waals surface area contributed by atoms with Crippen LogP contribution in [0.5, 0.6) is 5.75 Å². The molecule has 13 heavy (non-hydrogen) atoms. The third kappa shape index (κ3) is 1.91. The number of aryl methyl sites for hydroxylation is 1. The number of methoxy groups -OCH3 is 1. The second-order valence-corrected chi connectivity index (χ2v) is 2.83. The molecule has 0 aliphatic rings. The van der Waals surface area contributed by atoms with Gasteiger partial charge in [0.15, 0.2) is 6.19 Å². The Bertz CT molecular complexity index is 341. The van der Waals surface area contributed by atoms with Crippen molar-refractivity contribution in [1.29, 1.82) is 5.26 Å². The molecule has 0 bridgehead atoms. The number of benzene rings is 1. The number of hydrogen-bond donors (Lipinski definition) is 0. The molecule has 68 valence electrons. The molecule has 1 aromatic carbocycles. The maximum Gasteiger partial charge on any atom is 0.184 e. The molecule has 0 saturated carbocycles. The highest BCUT2D eigenvalue weighted by atomic mass is 16.5. The molecule has 1 aromatic rings. The van der Waals surface area contributed by atoms with Gasteiger partial charge in [-0.1, -0.05) is 6.07 Å². The monoisotopic (exact) mass is 176 g/mol. The minimum atomic E-state index is 0.717. The molecular formula is C10H12N2O. The van der Waals surface area contributed by atoms with Gasteiger partial charge in [-0.15, -0.1) is 0 Å². The molecule has 0 N–H and O–H groups in total. The van der Waals surface area contributed by atoms with E-state index in [0.29, 0.717) is 0 Å². The first kappa shape index (κ1) is 9.40. The first-order valence-electron chi connectivity index (χ1n) is 3.97. The first-order chi connectivity index (χ1) is 6.19. The average Bonchev–Trinajstić information content (AvgIpc) is 2.16. The summed E-state index contributed by atoms with van der Waals surface area (Å²) in [5.41, 5.74) is 1.91. The summed E-state index contributed by atoms with van der Waals surface area (Å²) in [6.07, 6.45) is 2.04. The van der Waals surface area contributed by atoms with E-state index in [4.69, 9.17) is 10.00 Å². The standard InChI is InChI=1S/C10H12N2O/c1-8-4-5-10(13-3)9(6-8)12(2)7-11/h4-6H,1-3H3. The van der Waals surface area contributed by atoms with E-state index in [1.54, 1.807) is 14.2 Å². The van der Waals surface area contributed by atoms with Crippen LogP contribution in [-0.4, -0.2) is 14.2 Å². The molecule has 0 amide bonds. The zero-order valence-corrected chi connectivity index (χ0v) is 8.03. The van der Waals surface area contributed by atoms with Gasteiger partial charge >= 0.3 is 0 Å². The van der Waals surface area contributed by atoms with Crippen molar-refractivity contribution in [3.8, 4) is 11.9 Å². The van der Waals surface area contributed by atoms with Crippen LogP contribution in [0.3, 0.4) is 0 Å². The lowest BCUT2D eigenvalue weighted by Gasteiger charge is -2.13. The highest BCUT2D eigenvalue weighted by molar-refractivity contribution is 5.61. The smallest absolute Gasteiger partial charge is 0.184 e. The van der Waals surface area contributed by atoms with Gasteiger partial charge in [-0.25, -0.2) is 0 Å². The second-order valence-electron chi connectivity index (χ2n) is 2.83. The lowest BCUT2D eigenvalue weighted by molar-refractivity contribution is 0.415. The summed E-state index contributed by atoms with van der Waals surface area (Å²) in [6.45, 7) is 1.98. The predicted octanol–water partition coefficient (Wildman–Crippen LogP) is 1.92. The number of hydrogen-bond acceptors (Lipinski definition) is 3. The van der Waals surface area contributed by atoms with Crippen LogP contribution in [0.25, 0.3) is 0 Å². The van der Waals surface area contributed by atoms with Crippen LogP contribution in [0.4, 0.5) is 5.69 Å². The normalized spacial score (nSPS) is 9.08. The zero-order chi connectivity index (χ0) is 9.84. The first-order valence-corrected chi connectivity index (χ1v) is 3.97. The van der Waals surface area contributed by atoms with E-state index >= 15 is 0 Å². The largest absolute Gasteiger partial charge is 0.495 e. The van der Waals surface area contributed by atoms with Gasteiger partial charge in [0.2, 0.25) is 0 Å². The maximum atomic E-state index is 8.72. The van der Waals surface area contributed by atoms with Crippen molar-refractivity contribution in [3.63, 3.8) is 0 Å². The summed E-state index contributed by atoms with van der Waals surface area (Å²) >= 11 is 0. The van der Waals surface area contributed by atoms with Crippen molar-refractivity contribution in [2.45, 2.75) is 6.92 Å². The third-order valence-electron chi connectivity index (χ3n) is 1.85. The van der Waals surface area contributed by atoms with Crippen molar-refractivity contribution in [3.05, 3.63) is 23.8 Å². The van der Waals surface area contributed by atoms with Crippen LogP contribution in [0.2, 0.25) is 0 Å². The summed E-state index contributed by atoms with van der Waals surface area (Å²) in [7, 11) is 3.30. The lowest BCUT2D eigenvalue weighted by atomic mass is 10.2. The highest BCUT2D eigenvalue weighted by Gasteiger charge is 2.06. The summed E-state index contributed by atoms with van der Waals surface area (Å²) < 4.78 is 5.13. The van der Waals surface area contributed by atoms with Crippen LogP contribution in [0.1, 0.15) is 5.56 Å². The van der Waals surface area contributed by atoms with Crippen molar-refractivity contribution in [1.82, 2.24) is 0 Å². The molecule has 0 aromatic heterocycles. The van der Waals surface area contributed by atoms with Crippen LogP contribution < -0.4 is 9.64 Å². The van der Waals surface area contributed by atoms with Crippen molar-refractivity contribution in [2.24, 2.45) is 0 Å². The minimum absolute atomic E-state index is 0.717. The van der Waals surface area contributed by atoms with Gasteiger partial charge < -0.3 is 4.74 Å². The van der Waals surface area contributed by atoms with Crippen LogP contribution in [0, 0.1) is 18.4 Å². The number of rotatable bonds is 2. The van der Waals surface area contributed by atoms with Crippen molar-refractivity contribution >= 4 is 5.69 Å².